The van der Waals surface area contributed by atoms with Crippen LogP contribution in [0.4, 0.5) is 5.69 Å². The van der Waals surface area contributed by atoms with E-state index in [1.807, 2.05) is 6.07 Å². The van der Waals surface area contributed by atoms with Crippen LogP contribution in [0.5, 0.6) is 0 Å². The van der Waals surface area contributed by atoms with Gasteiger partial charge in [-0.05, 0) is 17.9 Å². The van der Waals surface area contributed by atoms with E-state index in [-0.39, 0.29) is 5.56 Å². The van der Waals surface area contributed by atoms with Crippen LogP contribution in [0.2, 0.25) is 0 Å². The number of hydrogen-bond acceptors (Lipinski definition) is 3. The van der Waals surface area contributed by atoms with E-state index in [9.17, 15) is 4.79 Å². The Morgan fingerprint density at radius 1 is 1.33 bits per heavy atom. The van der Waals surface area contributed by atoms with E-state index in [0.717, 1.165) is 18.7 Å². The molecule has 0 aliphatic rings. The van der Waals surface area contributed by atoms with Crippen LogP contribution in [0, 0.1) is 0 Å². The second-order valence-electron chi connectivity index (χ2n) is 4.36. The molecule has 1 heterocycles. The molecule has 1 atom stereocenters. The highest BCUT2D eigenvalue weighted by molar-refractivity contribution is 5.38. The molecule has 0 fully saturated rings. The Morgan fingerprint density at radius 2 is 2.11 bits per heavy atom. The van der Waals surface area contributed by atoms with Crippen molar-refractivity contribution in [2.75, 3.05) is 11.9 Å². The van der Waals surface area contributed by atoms with Crippen LogP contribution in [0.3, 0.4) is 0 Å². The third kappa shape index (κ3) is 3.45. The van der Waals surface area contributed by atoms with Crippen LogP contribution in [0.1, 0.15) is 24.8 Å². The maximum atomic E-state index is 11.1. The highest BCUT2D eigenvalue weighted by Crippen LogP contribution is 2.18. The minimum atomic E-state index is -0.184. The van der Waals surface area contributed by atoms with Gasteiger partial charge in [0.15, 0.2) is 0 Å². The summed E-state index contributed by atoms with van der Waals surface area (Å²) in [4.78, 5) is 11.1. The number of H-pyrrole nitrogens is 1. The first-order chi connectivity index (χ1) is 8.75. The number of rotatable bonds is 5. The van der Waals surface area contributed by atoms with Crippen LogP contribution in [-0.2, 0) is 0 Å². The molecular formula is C14H17N3O. The van der Waals surface area contributed by atoms with Crippen molar-refractivity contribution < 1.29 is 0 Å². The number of nitrogens with zero attached hydrogens (tertiary/aromatic N) is 1. The van der Waals surface area contributed by atoms with Crippen LogP contribution >= 0.6 is 0 Å². The lowest BCUT2D eigenvalue weighted by molar-refractivity contribution is 0.705. The van der Waals surface area contributed by atoms with E-state index < -0.39 is 0 Å². The van der Waals surface area contributed by atoms with Crippen molar-refractivity contribution in [3.63, 3.8) is 0 Å². The molecule has 0 saturated carbocycles. The first kappa shape index (κ1) is 12.4. The molecule has 2 aromatic rings. The van der Waals surface area contributed by atoms with Crippen molar-refractivity contribution in [2.45, 2.75) is 19.3 Å². The molecule has 18 heavy (non-hydrogen) atoms. The Morgan fingerprint density at radius 3 is 2.83 bits per heavy atom. The second-order valence-corrected chi connectivity index (χ2v) is 4.36. The quantitative estimate of drug-likeness (QED) is 0.847. The van der Waals surface area contributed by atoms with E-state index in [1.54, 1.807) is 6.20 Å². The van der Waals surface area contributed by atoms with Gasteiger partial charge in [-0.15, -0.1) is 0 Å². The van der Waals surface area contributed by atoms with Crippen molar-refractivity contribution in [1.82, 2.24) is 10.2 Å². The van der Waals surface area contributed by atoms with Gasteiger partial charge in [0.1, 0.15) is 0 Å². The van der Waals surface area contributed by atoms with Crippen molar-refractivity contribution in [1.29, 1.82) is 0 Å². The number of nitrogens with one attached hydrogen (secondary N) is 2. The third-order valence-corrected chi connectivity index (χ3v) is 2.94. The zero-order valence-electron chi connectivity index (χ0n) is 10.4. The minimum absolute atomic E-state index is 0.184. The van der Waals surface area contributed by atoms with Gasteiger partial charge < -0.3 is 5.32 Å². The molecule has 2 rings (SSSR count). The number of hydrogen-bond donors (Lipinski definition) is 2. The highest BCUT2D eigenvalue weighted by atomic mass is 16.1. The number of benzene rings is 1. The average molecular weight is 243 g/mol. The molecular weight excluding hydrogens is 226 g/mol. The second kappa shape index (κ2) is 6.00. The Labute approximate surface area is 106 Å². The van der Waals surface area contributed by atoms with Gasteiger partial charge in [0.05, 0.1) is 11.9 Å². The van der Waals surface area contributed by atoms with Gasteiger partial charge in [0, 0.05) is 12.6 Å². The molecule has 0 aliphatic heterocycles. The van der Waals surface area contributed by atoms with Crippen LogP contribution in [0.15, 0.2) is 47.4 Å². The summed E-state index contributed by atoms with van der Waals surface area (Å²) in [5, 5.41) is 9.29. The fraction of sp³-hybridized carbons (Fsp3) is 0.286. The van der Waals surface area contributed by atoms with Crippen LogP contribution in [-0.4, -0.2) is 16.7 Å². The molecule has 0 spiro atoms. The van der Waals surface area contributed by atoms with Gasteiger partial charge in [0.2, 0.25) is 0 Å². The SMILES string of the molecule is CC(CCNc1cn[nH]c(=O)c1)c1ccccc1. The molecule has 1 unspecified atom stereocenters. The van der Waals surface area contributed by atoms with Gasteiger partial charge in [-0.1, -0.05) is 37.3 Å². The smallest absolute Gasteiger partial charge is 0.266 e. The van der Waals surface area contributed by atoms with E-state index in [0.29, 0.717) is 5.92 Å². The Bertz CT molecular complexity index is 536. The lowest BCUT2D eigenvalue weighted by Gasteiger charge is -2.12. The van der Waals surface area contributed by atoms with Crippen molar-refractivity contribution >= 4 is 5.69 Å². The van der Waals surface area contributed by atoms with E-state index in [4.69, 9.17) is 0 Å². The lowest BCUT2D eigenvalue weighted by atomic mass is 9.98. The maximum Gasteiger partial charge on any atom is 0.266 e. The zero-order valence-corrected chi connectivity index (χ0v) is 10.4. The molecule has 0 amide bonds. The number of anilines is 1. The molecule has 4 nitrogen and oxygen atoms in total. The molecule has 0 radical (unpaired) electrons. The predicted octanol–water partition coefficient (Wildman–Crippen LogP) is 2.38. The summed E-state index contributed by atoms with van der Waals surface area (Å²) in [6, 6.07) is 11.9. The van der Waals surface area contributed by atoms with E-state index >= 15 is 0 Å². The standard InChI is InChI=1S/C14H17N3O/c1-11(12-5-3-2-4-6-12)7-8-15-13-9-14(18)17-16-10-13/h2-6,9-11H,7-8H2,1H3,(H2,15,17,18). The van der Waals surface area contributed by atoms with Gasteiger partial charge in [-0.2, -0.15) is 5.10 Å². The number of aromatic amines is 1. The van der Waals surface area contributed by atoms with E-state index in [1.165, 1.54) is 11.6 Å². The van der Waals surface area contributed by atoms with Crippen molar-refractivity contribution in [2.24, 2.45) is 0 Å². The number of aromatic nitrogens is 2. The summed E-state index contributed by atoms with van der Waals surface area (Å²) in [6.07, 6.45) is 2.63. The molecule has 4 heteroatoms. The first-order valence-corrected chi connectivity index (χ1v) is 6.09. The summed E-state index contributed by atoms with van der Waals surface area (Å²) in [6.45, 7) is 3.02. The highest BCUT2D eigenvalue weighted by Gasteiger charge is 2.04. The maximum absolute atomic E-state index is 11.1. The third-order valence-electron chi connectivity index (χ3n) is 2.94. The summed E-state index contributed by atoms with van der Waals surface area (Å²) < 4.78 is 0. The predicted molar refractivity (Wildman–Crippen MR) is 72.8 cm³/mol. The molecule has 0 saturated heterocycles. The van der Waals surface area contributed by atoms with Gasteiger partial charge >= 0.3 is 0 Å². The van der Waals surface area contributed by atoms with Gasteiger partial charge in [-0.25, -0.2) is 5.10 Å². The fourth-order valence-electron chi connectivity index (χ4n) is 1.85. The minimum Gasteiger partial charge on any atom is -0.384 e. The topological polar surface area (TPSA) is 57.8 Å². The van der Waals surface area contributed by atoms with E-state index in [2.05, 4.69) is 46.7 Å². The van der Waals surface area contributed by atoms with Gasteiger partial charge in [-0.3, -0.25) is 4.79 Å². The monoisotopic (exact) mass is 243 g/mol. The summed E-state index contributed by atoms with van der Waals surface area (Å²) in [5.41, 5.74) is 1.92. The Kier molecular flexibility index (Phi) is 4.12. The average Bonchev–Trinajstić information content (AvgIpc) is 2.40. The lowest BCUT2D eigenvalue weighted by Crippen LogP contribution is -2.11. The first-order valence-electron chi connectivity index (χ1n) is 6.09. The summed E-state index contributed by atoms with van der Waals surface area (Å²) in [5.74, 6) is 0.494. The largest absolute Gasteiger partial charge is 0.384 e. The zero-order chi connectivity index (χ0) is 12.8. The molecule has 0 aliphatic carbocycles. The van der Waals surface area contributed by atoms with Crippen LogP contribution in [0.25, 0.3) is 0 Å². The molecule has 1 aromatic heterocycles. The Hall–Kier alpha value is -2.10. The Balaban J connectivity index is 1.84. The molecule has 94 valence electrons. The molecule has 2 N–H and O–H groups in total. The molecule has 1 aromatic carbocycles. The summed E-state index contributed by atoms with van der Waals surface area (Å²) in [7, 11) is 0. The summed E-state index contributed by atoms with van der Waals surface area (Å²) >= 11 is 0. The molecule has 0 bridgehead atoms. The normalized spacial score (nSPS) is 12.1. The van der Waals surface area contributed by atoms with Crippen molar-refractivity contribution in [3.05, 3.63) is 58.5 Å². The van der Waals surface area contributed by atoms with Crippen molar-refractivity contribution in [3.8, 4) is 0 Å². The fourth-order valence-corrected chi connectivity index (χ4v) is 1.85. The van der Waals surface area contributed by atoms with Crippen LogP contribution < -0.4 is 10.9 Å². The van der Waals surface area contributed by atoms with Gasteiger partial charge in [0.25, 0.3) is 5.56 Å².